The maximum Gasteiger partial charge on any atom is 0.357 e. The first-order valence-electron chi connectivity index (χ1n) is 8.94. The van der Waals surface area contributed by atoms with Crippen LogP contribution in [0.4, 0.5) is 0 Å². The topological polar surface area (TPSA) is 59.5 Å². The first kappa shape index (κ1) is 21.6. The Hall–Kier alpha value is -1.43. The summed E-state index contributed by atoms with van der Waals surface area (Å²) in [5, 5.41) is 2.45. The summed E-state index contributed by atoms with van der Waals surface area (Å²) >= 11 is 1.39. The van der Waals surface area contributed by atoms with Crippen molar-refractivity contribution in [3.8, 4) is 0 Å². The van der Waals surface area contributed by atoms with E-state index in [1.807, 2.05) is 18.7 Å². The molecule has 1 heterocycles. The lowest BCUT2D eigenvalue weighted by atomic mass is 9.84. The van der Waals surface area contributed by atoms with E-state index < -0.39 is 5.97 Å². The zero-order valence-electron chi connectivity index (χ0n) is 16.6. The number of nitrogens with zero attached hydrogens (tertiary/aromatic N) is 2. The highest BCUT2D eigenvalue weighted by Gasteiger charge is 2.24. The molecule has 1 atom stereocenters. The van der Waals surface area contributed by atoms with Crippen LogP contribution in [0.1, 0.15) is 76.8 Å². The van der Waals surface area contributed by atoms with Gasteiger partial charge in [-0.2, -0.15) is 0 Å². The molecule has 0 unspecified atom stereocenters. The minimum absolute atomic E-state index is 0.0873. The van der Waals surface area contributed by atoms with Crippen LogP contribution in [0.15, 0.2) is 5.38 Å². The molecule has 0 aromatic carbocycles. The van der Waals surface area contributed by atoms with Gasteiger partial charge in [-0.15, -0.1) is 11.3 Å². The molecule has 142 valence electrons. The molecule has 0 spiro atoms. The molecule has 0 aliphatic rings. The van der Waals surface area contributed by atoms with Gasteiger partial charge in [0.2, 0.25) is 5.91 Å². The molecule has 1 rings (SSSR count). The van der Waals surface area contributed by atoms with E-state index in [9.17, 15) is 9.59 Å². The lowest BCUT2D eigenvalue weighted by Gasteiger charge is -2.29. The summed E-state index contributed by atoms with van der Waals surface area (Å²) in [6.07, 6.45) is 1.54. The number of hydrogen-bond donors (Lipinski definition) is 0. The Labute approximate surface area is 155 Å². The van der Waals surface area contributed by atoms with E-state index >= 15 is 0 Å². The summed E-state index contributed by atoms with van der Waals surface area (Å²) in [5.41, 5.74) is 0.533. The van der Waals surface area contributed by atoms with Crippen molar-refractivity contribution in [3.63, 3.8) is 0 Å². The van der Waals surface area contributed by atoms with Crippen LogP contribution in [-0.4, -0.2) is 34.4 Å². The van der Waals surface area contributed by atoms with Gasteiger partial charge in [-0.25, -0.2) is 9.78 Å². The van der Waals surface area contributed by atoms with Crippen LogP contribution >= 0.6 is 11.3 Å². The van der Waals surface area contributed by atoms with Crippen LogP contribution in [0.3, 0.4) is 0 Å². The Morgan fingerprint density at radius 2 is 1.92 bits per heavy atom. The van der Waals surface area contributed by atoms with E-state index in [0.29, 0.717) is 31.2 Å². The summed E-state index contributed by atoms with van der Waals surface area (Å²) in [7, 11) is 0. The number of hydrogen-bond acceptors (Lipinski definition) is 5. The van der Waals surface area contributed by atoms with Crippen molar-refractivity contribution in [1.82, 2.24) is 9.88 Å². The second-order valence-corrected chi connectivity index (χ2v) is 8.98. The van der Waals surface area contributed by atoms with Crippen molar-refractivity contribution in [1.29, 1.82) is 0 Å². The van der Waals surface area contributed by atoms with Crippen molar-refractivity contribution in [2.75, 3.05) is 6.61 Å². The fourth-order valence-electron chi connectivity index (χ4n) is 2.92. The summed E-state index contributed by atoms with van der Waals surface area (Å²) in [6.45, 7) is 15.3. The van der Waals surface area contributed by atoms with Crippen molar-refractivity contribution >= 4 is 23.2 Å². The van der Waals surface area contributed by atoms with E-state index in [-0.39, 0.29) is 17.4 Å². The van der Waals surface area contributed by atoms with E-state index in [1.165, 1.54) is 11.3 Å². The highest BCUT2D eigenvalue weighted by Crippen LogP contribution is 2.27. The SMILES string of the molecule is CCOC(=O)c1csc(CN(C(=O)C[C@H](C)CC(C)(C)C)C(C)C)n1. The number of ether oxygens (including phenoxy) is 1. The lowest BCUT2D eigenvalue weighted by Crippen LogP contribution is -2.37. The molecule has 1 aromatic heterocycles. The van der Waals surface area contributed by atoms with Gasteiger partial charge in [0, 0.05) is 17.8 Å². The normalized spacial score (nSPS) is 13.0. The molecule has 0 aliphatic heterocycles. The van der Waals surface area contributed by atoms with Gasteiger partial charge in [0.25, 0.3) is 0 Å². The maximum atomic E-state index is 12.7. The minimum atomic E-state index is -0.411. The summed E-state index contributed by atoms with van der Waals surface area (Å²) in [5.74, 6) is 0.0611. The Morgan fingerprint density at radius 1 is 1.28 bits per heavy atom. The third-order valence-corrected chi connectivity index (χ3v) is 4.60. The third-order valence-electron chi connectivity index (χ3n) is 3.77. The van der Waals surface area contributed by atoms with Gasteiger partial charge in [0.1, 0.15) is 5.01 Å². The zero-order chi connectivity index (χ0) is 19.2. The van der Waals surface area contributed by atoms with Gasteiger partial charge < -0.3 is 9.64 Å². The monoisotopic (exact) mass is 368 g/mol. The van der Waals surface area contributed by atoms with E-state index in [2.05, 4.69) is 32.7 Å². The van der Waals surface area contributed by atoms with Gasteiger partial charge in [-0.3, -0.25) is 4.79 Å². The van der Waals surface area contributed by atoms with Crippen LogP contribution in [0.2, 0.25) is 0 Å². The molecule has 25 heavy (non-hydrogen) atoms. The van der Waals surface area contributed by atoms with Crippen LogP contribution in [-0.2, 0) is 16.1 Å². The quantitative estimate of drug-likeness (QED) is 0.633. The molecular weight excluding hydrogens is 336 g/mol. The molecule has 0 bridgehead atoms. The largest absolute Gasteiger partial charge is 0.461 e. The molecule has 5 nitrogen and oxygen atoms in total. The molecule has 0 radical (unpaired) electrons. The summed E-state index contributed by atoms with van der Waals surface area (Å²) in [4.78, 5) is 30.6. The Balaban J connectivity index is 2.74. The number of esters is 1. The fraction of sp³-hybridized carbons (Fsp3) is 0.737. The smallest absolute Gasteiger partial charge is 0.357 e. The number of aromatic nitrogens is 1. The molecular formula is C19H32N2O3S. The van der Waals surface area contributed by atoms with Gasteiger partial charge in [0.05, 0.1) is 13.2 Å². The van der Waals surface area contributed by atoms with Crippen molar-refractivity contribution in [3.05, 3.63) is 16.1 Å². The van der Waals surface area contributed by atoms with Gasteiger partial charge in [-0.05, 0) is 38.5 Å². The molecule has 1 aromatic rings. The third kappa shape index (κ3) is 7.55. The Bertz CT molecular complexity index is 575. The van der Waals surface area contributed by atoms with Gasteiger partial charge in [0.15, 0.2) is 5.69 Å². The highest BCUT2D eigenvalue weighted by atomic mass is 32.1. The maximum absolute atomic E-state index is 12.7. The van der Waals surface area contributed by atoms with Gasteiger partial charge in [-0.1, -0.05) is 27.7 Å². The first-order chi connectivity index (χ1) is 11.5. The van der Waals surface area contributed by atoms with Crippen molar-refractivity contribution < 1.29 is 14.3 Å². The van der Waals surface area contributed by atoms with Crippen LogP contribution in [0.5, 0.6) is 0 Å². The molecule has 6 heteroatoms. The summed E-state index contributed by atoms with van der Waals surface area (Å²) < 4.78 is 4.96. The molecule has 0 aliphatic carbocycles. The molecule has 0 saturated heterocycles. The van der Waals surface area contributed by atoms with Gasteiger partial charge >= 0.3 is 5.97 Å². The average molecular weight is 369 g/mol. The van der Waals surface area contributed by atoms with Crippen molar-refractivity contribution in [2.45, 2.75) is 73.9 Å². The minimum Gasteiger partial charge on any atom is -0.461 e. The first-order valence-corrected chi connectivity index (χ1v) is 9.82. The number of carbonyl (C=O) groups excluding carboxylic acids is 2. The van der Waals surface area contributed by atoms with E-state index in [4.69, 9.17) is 4.74 Å². The number of thiazole rings is 1. The second kappa shape index (κ2) is 9.32. The molecule has 0 fully saturated rings. The highest BCUT2D eigenvalue weighted by molar-refractivity contribution is 7.09. The van der Waals surface area contributed by atoms with E-state index in [0.717, 1.165) is 11.4 Å². The molecule has 0 saturated carbocycles. The lowest BCUT2D eigenvalue weighted by molar-refractivity contribution is -0.134. The molecule has 1 amide bonds. The molecule has 0 N–H and O–H groups in total. The number of amides is 1. The standard InChI is InChI=1S/C19H32N2O3S/c1-8-24-18(23)15-12-25-16(20-15)11-21(13(2)3)17(22)9-14(4)10-19(5,6)7/h12-14H,8-11H2,1-7H3/t14-/m0/s1. The Morgan fingerprint density at radius 3 is 2.44 bits per heavy atom. The predicted molar refractivity (Wildman–Crippen MR) is 102 cm³/mol. The fourth-order valence-corrected chi connectivity index (χ4v) is 3.68. The van der Waals surface area contributed by atoms with Crippen LogP contribution in [0, 0.1) is 11.3 Å². The Kier molecular flexibility index (Phi) is 8.06. The second-order valence-electron chi connectivity index (χ2n) is 8.04. The van der Waals surface area contributed by atoms with E-state index in [1.54, 1.807) is 12.3 Å². The predicted octanol–water partition coefficient (Wildman–Crippen LogP) is 4.52. The van der Waals surface area contributed by atoms with Crippen LogP contribution < -0.4 is 0 Å². The summed E-state index contributed by atoms with van der Waals surface area (Å²) in [6, 6.07) is 0.0873. The zero-order valence-corrected chi connectivity index (χ0v) is 17.4. The van der Waals surface area contributed by atoms with Crippen LogP contribution in [0.25, 0.3) is 0 Å². The average Bonchev–Trinajstić information content (AvgIpc) is 2.91. The number of carbonyl (C=O) groups is 2. The number of rotatable bonds is 8. The van der Waals surface area contributed by atoms with Crippen molar-refractivity contribution in [2.24, 2.45) is 11.3 Å².